The van der Waals surface area contributed by atoms with Gasteiger partial charge in [-0.1, -0.05) is 48.5 Å². The first-order valence-corrected chi connectivity index (χ1v) is 11.3. The van der Waals surface area contributed by atoms with Crippen LogP contribution in [0.3, 0.4) is 0 Å². The number of aryl methyl sites for hydroxylation is 1. The van der Waals surface area contributed by atoms with Crippen LogP contribution in [0.2, 0.25) is 0 Å². The molecule has 9 heteroatoms. The minimum absolute atomic E-state index is 0.127. The molecule has 3 heterocycles. The second-order valence-corrected chi connectivity index (χ2v) is 8.29. The minimum Gasteiger partial charge on any atom is -0.338 e. The molecular formula is C26H24N8O. The Morgan fingerprint density at radius 3 is 2.71 bits per heavy atom. The number of amides is 1. The maximum absolute atomic E-state index is 13.7. The van der Waals surface area contributed by atoms with Gasteiger partial charge in [-0.25, -0.2) is 9.50 Å². The molecule has 2 aromatic heterocycles. The molecule has 1 aliphatic heterocycles. The van der Waals surface area contributed by atoms with Gasteiger partial charge in [-0.2, -0.15) is 10.4 Å². The summed E-state index contributed by atoms with van der Waals surface area (Å²) in [6.07, 6.45) is 6.92. The fraction of sp³-hybridized carbons (Fsp3) is 0.192. The molecule has 1 atom stereocenters. The number of aromatic nitrogens is 3. The monoisotopic (exact) mass is 464 g/mol. The average Bonchev–Trinajstić information content (AvgIpc) is 3.34. The van der Waals surface area contributed by atoms with E-state index in [1.165, 1.54) is 0 Å². The molecule has 1 aliphatic rings. The highest BCUT2D eigenvalue weighted by Crippen LogP contribution is 2.28. The molecule has 4 aromatic rings. The summed E-state index contributed by atoms with van der Waals surface area (Å²) in [6.45, 7) is 3.44. The van der Waals surface area contributed by atoms with E-state index in [0.717, 1.165) is 16.8 Å². The molecule has 0 saturated carbocycles. The first kappa shape index (κ1) is 22.1. The van der Waals surface area contributed by atoms with E-state index in [-0.39, 0.29) is 11.9 Å². The van der Waals surface area contributed by atoms with E-state index < -0.39 is 0 Å². The van der Waals surface area contributed by atoms with Crippen LogP contribution in [0.5, 0.6) is 0 Å². The van der Waals surface area contributed by atoms with Crippen molar-refractivity contribution < 1.29 is 4.79 Å². The lowest BCUT2D eigenvalue weighted by Crippen LogP contribution is -2.53. The number of para-hydroxylation sites is 1. The van der Waals surface area contributed by atoms with Gasteiger partial charge >= 0.3 is 0 Å². The van der Waals surface area contributed by atoms with Crippen molar-refractivity contribution in [1.29, 1.82) is 5.26 Å². The van der Waals surface area contributed by atoms with Gasteiger partial charge in [0.15, 0.2) is 5.65 Å². The zero-order valence-corrected chi connectivity index (χ0v) is 19.2. The lowest BCUT2D eigenvalue weighted by molar-refractivity contribution is 0.0552. The number of nitriles is 1. The summed E-state index contributed by atoms with van der Waals surface area (Å²) >= 11 is 0. The first-order chi connectivity index (χ1) is 17.2. The number of carbonyl (C=O) groups excluding carboxylic acids is 1. The van der Waals surface area contributed by atoms with Crippen LogP contribution in [0.25, 0.3) is 5.65 Å². The molecule has 1 saturated heterocycles. The number of anilines is 1. The van der Waals surface area contributed by atoms with Gasteiger partial charge in [-0.3, -0.25) is 4.79 Å². The Labute approximate surface area is 203 Å². The molecule has 5 rings (SSSR count). The van der Waals surface area contributed by atoms with E-state index in [9.17, 15) is 10.1 Å². The number of nitrogens with zero attached hydrogens (tertiary/aromatic N) is 7. The van der Waals surface area contributed by atoms with Crippen molar-refractivity contribution in [1.82, 2.24) is 24.4 Å². The molecule has 9 nitrogen and oxygen atoms in total. The van der Waals surface area contributed by atoms with Crippen molar-refractivity contribution in [2.24, 2.45) is 4.99 Å². The van der Waals surface area contributed by atoms with Crippen LogP contribution in [0.4, 0.5) is 5.69 Å². The average molecular weight is 465 g/mol. The molecule has 0 bridgehead atoms. The summed E-state index contributed by atoms with van der Waals surface area (Å²) < 4.78 is 1.60. The Morgan fingerprint density at radius 2 is 1.91 bits per heavy atom. The van der Waals surface area contributed by atoms with Crippen LogP contribution in [0, 0.1) is 18.4 Å². The predicted octanol–water partition coefficient (Wildman–Crippen LogP) is 3.49. The second kappa shape index (κ2) is 9.65. The van der Waals surface area contributed by atoms with E-state index >= 15 is 0 Å². The van der Waals surface area contributed by atoms with Crippen LogP contribution in [-0.4, -0.2) is 55.9 Å². The lowest BCUT2D eigenvalue weighted by atomic mass is 10.0. The van der Waals surface area contributed by atoms with Gasteiger partial charge in [0.2, 0.25) is 12.2 Å². The Hall–Kier alpha value is -4.71. The van der Waals surface area contributed by atoms with Gasteiger partial charge in [-0.05, 0) is 30.2 Å². The summed E-state index contributed by atoms with van der Waals surface area (Å²) in [4.78, 5) is 26.0. The van der Waals surface area contributed by atoms with E-state index in [1.807, 2.05) is 77.5 Å². The van der Waals surface area contributed by atoms with Gasteiger partial charge in [-0.15, -0.1) is 4.99 Å². The van der Waals surface area contributed by atoms with Crippen molar-refractivity contribution in [2.45, 2.75) is 13.0 Å². The smallest absolute Gasteiger partial charge is 0.259 e. The maximum atomic E-state index is 13.7. The molecule has 0 aliphatic carbocycles. The Morgan fingerprint density at radius 1 is 1.11 bits per heavy atom. The highest BCUT2D eigenvalue weighted by atomic mass is 16.2. The van der Waals surface area contributed by atoms with E-state index in [4.69, 9.17) is 0 Å². The summed E-state index contributed by atoms with van der Waals surface area (Å²) in [5.74, 6) is 0.338. The molecule has 0 radical (unpaired) electrons. The predicted molar refractivity (Wildman–Crippen MR) is 133 cm³/mol. The van der Waals surface area contributed by atoms with Gasteiger partial charge in [0.05, 0.1) is 12.2 Å². The quantitative estimate of drug-likeness (QED) is 0.283. The number of hydrogen-bond acceptors (Lipinski definition) is 5. The fourth-order valence-electron chi connectivity index (χ4n) is 4.37. The molecule has 174 valence electrons. The van der Waals surface area contributed by atoms with Crippen molar-refractivity contribution in [3.8, 4) is 6.19 Å². The summed E-state index contributed by atoms with van der Waals surface area (Å²) in [7, 11) is 0. The SMILES string of the molecule is Cc1ccccc1N/C(=N/C#N)N1CCN(C(=O)c2cnn3cccnc23)C(c2ccccc2)C1. The van der Waals surface area contributed by atoms with Crippen LogP contribution >= 0.6 is 0 Å². The third kappa shape index (κ3) is 4.42. The standard InChI is InChI=1S/C26H24N8O/c1-19-8-5-6-11-22(19)31-26(29-18-27)32-14-15-33(23(17-32)20-9-3-2-4-10-20)25(35)21-16-30-34-13-7-12-28-24(21)34/h2-13,16,23H,14-15,17H2,1H3,(H,29,31). The number of nitrogens with one attached hydrogen (secondary N) is 1. The van der Waals surface area contributed by atoms with E-state index in [0.29, 0.717) is 36.8 Å². The number of rotatable bonds is 3. The van der Waals surface area contributed by atoms with Crippen molar-refractivity contribution in [3.05, 3.63) is 95.9 Å². The lowest BCUT2D eigenvalue weighted by Gasteiger charge is -2.42. The molecule has 2 aromatic carbocycles. The number of benzene rings is 2. The van der Waals surface area contributed by atoms with Gasteiger partial charge in [0.1, 0.15) is 5.56 Å². The third-order valence-electron chi connectivity index (χ3n) is 6.18. The van der Waals surface area contributed by atoms with Gasteiger partial charge < -0.3 is 15.1 Å². The topological polar surface area (TPSA) is 102 Å². The van der Waals surface area contributed by atoms with Gasteiger partial charge in [0.25, 0.3) is 5.91 Å². The molecule has 0 spiro atoms. The number of fused-ring (bicyclic) bond motifs is 1. The van der Waals surface area contributed by atoms with Crippen LogP contribution in [-0.2, 0) is 0 Å². The van der Waals surface area contributed by atoms with Gasteiger partial charge in [0, 0.05) is 37.7 Å². The molecule has 1 amide bonds. The summed E-state index contributed by atoms with van der Waals surface area (Å²) in [5.41, 5.74) is 3.92. The number of hydrogen-bond donors (Lipinski definition) is 1. The first-order valence-electron chi connectivity index (χ1n) is 11.3. The fourth-order valence-corrected chi connectivity index (χ4v) is 4.37. The Bertz CT molecular complexity index is 1420. The molecule has 1 N–H and O–H groups in total. The number of carbonyl (C=O) groups is 1. The van der Waals surface area contributed by atoms with Crippen molar-refractivity contribution in [3.63, 3.8) is 0 Å². The molecule has 1 unspecified atom stereocenters. The van der Waals surface area contributed by atoms with E-state index in [1.54, 1.807) is 29.2 Å². The van der Waals surface area contributed by atoms with Crippen molar-refractivity contribution >= 4 is 23.2 Å². The third-order valence-corrected chi connectivity index (χ3v) is 6.18. The zero-order chi connectivity index (χ0) is 24.2. The second-order valence-electron chi connectivity index (χ2n) is 8.29. The summed E-state index contributed by atoms with van der Waals surface area (Å²) in [6, 6.07) is 19.3. The summed E-state index contributed by atoms with van der Waals surface area (Å²) in [5, 5.41) is 17.0. The van der Waals surface area contributed by atoms with Crippen LogP contribution in [0.15, 0.2) is 84.2 Å². The highest BCUT2D eigenvalue weighted by molar-refractivity contribution is 6.00. The Balaban J connectivity index is 1.46. The number of guanidine groups is 1. The molecule has 35 heavy (non-hydrogen) atoms. The Kier molecular flexibility index (Phi) is 6.09. The van der Waals surface area contributed by atoms with Crippen LogP contribution in [0.1, 0.15) is 27.5 Å². The largest absolute Gasteiger partial charge is 0.338 e. The normalized spacial score (nSPS) is 16.2. The van der Waals surface area contributed by atoms with E-state index in [2.05, 4.69) is 20.4 Å². The molecular weight excluding hydrogens is 440 g/mol. The number of piperazine rings is 1. The van der Waals surface area contributed by atoms with Crippen molar-refractivity contribution in [2.75, 3.05) is 25.0 Å². The zero-order valence-electron chi connectivity index (χ0n) is 19.2. The van der Waals surface area contributed by atoms with Crippen LogP contribution < -0.4 is 5.32 Å². The highest BCUT2D eigenvalue weighted by Gasteiger charge is 2.34. The number of aliphatic imine (C=N–C) groups is 1. The maximum Gasteiger partial charge on any atom is 0.259 e. The molecule has 1 fully saturated rings. The minimum atomic E-state index is -0.251.